The molecule has 0 aliphatic heterocycles. The van der Waals surface area contributed by atoms with Crippen molar-refractivity contribution in [3.8, 4) is 0 Å². The Kier molecular flexibility index (Phi) is 7.36. The second-order valence-electron chi connectivity index (χ2n) is 4.85. The zero-order valence-electron chi connectivity index (χ0n) is 11.2. The van der Waals surface area contributed by atoms with Gasteiger partial charge in [-0.25, -0.2) is 0 Å². The Bertz CT molecular complexity index is 354. The Hall–Kier alpha value is -0.540. The van der Waals surface area contributed by atoms with Crippen LogP contribution >= 0.6 is 15.9 Å². The van der Waals surface area contributed by atoms with Crippen molar-refractivity contribution in [3.05, 3.63) is 28.2 Å². The van der Waals surface area contributed by atoms with E-state index in [1.54, 1.807) is 0 Å². The molecule has 0 spiro atoms. The molecule has 102 valence electrons. The summed E-state index contributed by atoms with van der Waals surface area (Å²) >= 11 is 3.41. The van der Waals surface area contributed by atoms with Gasteiger partial charge in [-0.1, -0.05) is 61.4 Å². The molecule has 0 aliphatic carbocycles. The topological polar surface area (TPSA) is 46.2 Å². The van der Waals surface area contributed by atoms with Crippen LogP contribution in [0.15, 0.2) is 22.7 Å². The SMILES string of the molecule is CCCCCCCCC(O)c1cc(Br)ccc1N. The number of nitrogens with two attached hydrogens (primary N) is 1. The van der Waals surface area contributed by atoms with E-state index in [-0.39, 0.29) is 0 Å². The number of aliphatic hydroxyl groups excluding tert-OH is 1. The number of unbranched alkanes of at least 4 members (excludes halogenated alkanes) is 5. The molecule has 0 bridgehead atoms. The lowest BCUT2D eigenvalue weighted by Crippen LogP contribution is -2.02. The zero-order chi connectivity index (χ0) is 13.4. The Morgan fingerprint density at radius 2 is 1.83 bits per heavy atom. The van der Waals surface area contributed by atoms with Crippen molar-refractivity contribution < 1.29 is 5.11 Å². The molecule has 2 nitrogen and oxygen atoms in total. The minimum absolute atomic E-state index is 0.436. The van der Waals surface area contributed by atoms with Gasteiger partial charge >= 0.3 is 0 Å². The highest BCUT2D eigenvalue weighted by molar-refractivity contribution is 9.10. The highest BCUT2D eigenvalue weighted by Gasteiger charge is 2.11. The molecule has 1 rings (SSSR count). The summed E-state index contributed by atoms with van der Waals surface area (Å²) in [5, 5.41) is 10.1. The van der Waals surface area contributed by atoms with E-state index in [4.69, 9.17) is 5.73 Å². The maximum Gasteiger partial charge on any atom is 0.0810 e. The Balaban J connectivity index is 2.31. The first-order valence-corrected chi connectivity index (χ1v) is 7.67. The highest BCUT2D eigenvalue weighted by atomic mass is 79.9. The van der Waals surface area contributed by atoms with Crippen LogP contribution in [0.4, 0.5) is 5.69 Å². The summed E-state index contributed by atoms with van der Waals surface area (Å²) in [6.45, 7) is 2.22. The Morgan fingerprint density at radius 3 is 2.56 bits per heavy atom. The molecule has 1 aromatic rings. The van der Waals surface area contributed by atoms with E-state index in [1.807, 2.05) is 18.2 Å². The molecular formula is C15H24BrNO. The van der Waals surface area contributed by atoms with Gasteiger partial charge in [0.25, 0.3) is 0 Å². The van der Waals surface area contributed by atoms with Gasteiger partial charge in [0.05, 0.1) is 6.10 Å². The third kappa shape index (κ3) is 5.40. The monoisotopic (exact) mass is 313 g/mol. The minimum Gasteiger partial charge on any atom is -0.398 e. The lowest BCUT2D eigenvalue weighted by molar-refractivity contribution is 0.164. The molecule has 0 radical (unpaired) electrons. The first-order valence-electron chi connectivity index (χ1n) is 6.88. The molecule has 0 aliphatic rings. The van der Waals surface area contributed by atoms with Crippen LogP contribution in [0.25, 0.3) is 0 Å². The largest absolute Gasteiger partial charge is 0.398 e. The number of hydrogen-bond donors (Lipinski definition) is 2. The number of rotatable bonds is 8. The minimum atomic E-state index is -0.436. The van der Waals surface area contributed by atoms with E-state index >= 15 is 0 Å². The van der Waals surface area contributed by atoms with E-state index in [1.165, 1.54) is 32.1 Å². The first kappa shape index (κ1) is 15.5. The Morgan fingerprint density at radius 1 is 1.17 bits per heavy atom. The maximum absolute atomic E-state index is 10.1. The molecule has 3 N–H and O–H groups in total. The van der Waals surface area contributed by atoms with Gasteiger partial charge in [0.2, 0.25) is 0 Å². The van der Waals surface area contributed by atoms with Gasteiger partial charge in [-0.3, -0.25) is 0 Å². The summed E-state index contributed by atoms with van der Waals surface area (Å²) in [6.07, 6.45) is 7.81. The molecule has 0 saturated carbocycles. The molecule has 1 unspecified atom stereocenters. The fourth-order valence-corrected chi connectivity index (χ4v) is 2.49. The predicted molar refractivity (Wildman–Crippen MR) is 81.5 cm³/mol. The van der Waals surface area contributed by atoms with Crippen LogP contribution in [0.3, 0.4) is 0 Å². The summed E-state index contributed by atoms with van der Waals surface area (Å²) in [4.78, 5) is 0. The van der Waals surface area contributed by atoms with Crippen molar-refractivity contribution >= 4 is 21.6 Å². The second kappa shape index (κ2) is 8.54. The van der Waals surface area contributed by atoms with Gasteiger partial charge in [0, 0.05) is 15.7 Å². The highest BCUT2D eigenvalue weighted by Crippen LogP contribution is 2.28. The van der Waals surface area contributed by atoms with Crippen LogP contribution in [0, 0.1) is 0 Å². The second-order valence-corrected chi connectivity index (χ2v) is 5.76. The van der Waals surface area contributed by atoms with E-state index < -0.39 is 6.10 Å². The van der Waals surface area contributed by atoms with Crippen LogP contribution < -0.4 is 5.73 Å². The first-order chi connectivity index (χ1) is 8.65. The van der Waals surface area contributed by atoms with Crippen LogP contribution in [-0.2, 0) is 0 Å². The van der Waals surface area contributed by atoms with Gasteiger partial charge in [0.1, 0.15) is 0 Å². The third-order valence-corrected chi connectivity index (χ3v) is 3.73. The molecule has 1 aromatic carbocycles. The van der Waals surface area contributed by atoms with Gasteiger partial charge in [-0.15, -0.1) is 0 Å². The molecule has 0 saturated heterocycles. The van der Waals surface area contributed by atoms with Gasteiger partial charge in [0.15, 0.2) is 0 Å². The van der Waals surface area contributed by atoms with Crippen LogP contribution in [0.2, 0.25) is 0 Å². The van der Waals surface area contributed by atoms with E-state index in [0.717, 1.165) is 22.9 Å². The van der Waals surface area contributed by atoms with Crippen molar-refractivity contribution in [1.29, 1.82) is 0 Å². The average Bonchev–Trinajstić information content (AvgIpc) is 2.36. The molecule has 0 heterocycles. The van der Waals surface area contributed by atoms with Crippen molar-refractivity contribution in [1.82, 2.24) is 0 Å². The molecule has 0 aromatic heterocycles. The normalized spacial score (nSPS) is 12.6. The molecule has 18 heavy (non-hydrogen) atoms. The van der Waals surface area contributed by atoms with Crippen LogP contribution in [-0.4, -0.2) is 5.11 Å². The van der Waals surface area contributed by atoms with Crippen molar-refractivity contribution in [2.24, 2.45) is 0 Å². The standard InChI is InChI=1S/C15H24BrNO/c1-2-3-4-5-6-7-8-15(18)13-11-12(16)9-10-14(13)17/h9-11,15,18H,2-8,17H2,1H3. The average molecular weight is 314 g/mol. The fourth-order valence-electron chi connectivity index (χ4n) is 2.11. The van der Waals surface area contributed by atoms with Gasteiger partial charge < -0.3 is 10.8 Å². The molecule has 0 fully saturated rings. The quantitative estimate of drug-likeness (QED) is 0.534. The summed E-state index contributed by atoms with van der Waals surface area (Å²) in [5.41, 5.74) is 7.40. The number of hydrogen-bond acceptors (Lipinski definition) is 2. The summed E-state index contributed by atoms with van der Waals surface area (Å²) in [7, 11) is 0. The van der Waals surface area contributed by atoms with E-state index in [2.05, 4.69) is 22.9 Å². The summed E-state index contributed by atoms with van der Waals surface area (Å²) < 4.78 is 0.966. The number of aliphatic hydroxyl groups is 1. The number of benzene rings is 1. The lowest BCUT2D eigenvalue weighted by atomic mass is 10.0. The number of nitrogen functional groups attached to an aromatic ring is 1. The molecular weight excluding hydrogens is 290 g/mol. The summed E-state index contributed by atoms with van der Waals surface area (Å²) in [6, 6.07) is 5.65. The number of halogens is 1. The van der Waals surface area contributed by atoms with Crippen LogP contribution in [0.1, 0.15) is 63.5 Å². The zero-order valence-corrected chi connectivity index (χ0v) is 12.7. The molecule has 1 atom stereocenters. The van der Waals surface area contributed by atoms with Crippen molar-refractivity contribution in [2.45, 2.75) is 58.0 Å². The molecule has 3 heteroatoms. The predicted octanol–water partition coefficient (Wildman–Crippen LogP) is 4.82. The van der Waals surface area contributed by atoms with Crippen LogP contribution in [0.5, 0.6) is 0 Å². The van der Waals surface area contributed by atoms with Crippen molar-refractivity contribution in [3.63, 3.8) is 0 Å². The smallest absolute Gasteiger partial charge is 0.0810 e. The van der Waals surface area contributed by atoms with Gasteiger partial charge in [-0.05, 0) is 24.6 Å². The van der Waals surface area contributed by atoms with E-state index in [0.29, 0.717) is 5.69 Å². The maximum atomic E-state index is 10.1. The van der Waals surface area contributed by atoms with E-state index in [9.17, 15) is 5.11 Å². The van der Waals surface area contributed by atoms with Crippen molar-refractivity contribution in [2.75, 3.05) is 5.73 Å². The summed E-state index contributed by atoms with van der Waals surface area (Å²) in [5.74, 6) is 0. The lowest BCUT2D eigenvalue weighted by Gasteiger charge is -2.13. The number of anilines is 1. The molecule has 0 amide bonds. The Labute approximate surface area is 119 Å². The fraction of sp³-hybridized carbons (Fsp3) is 0.600. The van der Waals surface area contributed by atoms with Gasteiger partial charge in [-0.2, -0.15) is 0 Å². The third-order valence-electron chi connectivity index (χ3n) is 3.24.